The summed E-state index contributed by atoms with van der Waals surface area (Å²) in [5.74, 6) is -0.874. The average molecular weight is 713 g/mol. The summed E-state index contributed by atoms with van der Waals surface area (Å²) in [5, 5.41) is 87.6. The molecular formula is C35H52O15. The molecule has 282 valence electrons. The lowest BCUT2D eigenvalue weighted by Crippen LogP contribution is -2.69. The number of hydrogen-bond acceptors (Lipinski definition) is 15. The first kappa shape index (κ1) is 36.7. The number of cyclic esters (lactones) is 1. The standard InChI is InChI=1S/C35H52O15/c1-16-24(39)25(40)27(42)30(47-16)50-29-22(13-36)49-31(28(43)26(29)41)48-18-3-8-33(15-37)20-4-7-32(2)19(17-11-23(38)46-14-17)6-10-35(32,45)21(20)5-9-34(33,44)12-18/h11,15-16,18-22,24-31,36,39-45H,3-10,12-14H2,1-2H3/t16-,18-,19+,20-,21-,22-,24-,25+,26-,27-,28-,29-,30+,31-,32+,33-,34-,35-/m0/s1. The molecule has 3 heterocycles. The summed E-state index contributed by atoms with van der Waals surface area (Å²) in [7, 11) is 0. The number of fused-ring (bicyclic) bond motifs is 5. The van der Waals surface area contributed by atoms with E-state index < -0.39 is 96.2 Å². The monoisotopic (exact) mass is 712 g/mol. The fourth-order valence-corrected chi connectivity index (χ4v) is 11.2. The molecule has 7 rings (SSSR count). The smallest absolute Gasteiger partial charge is 0.331 e. The van der Waals surface area contributed by atoms with Gasteiger partial charge in [-0.1, -0.05) is 6.92 Å². The quantitative estimate of drug-likeness (QED) is 0.0858. The van der Waals surface area contributed by atoms with Crippen molar-refractivity contribution in [2.45, 2.75) is 150 Å². The third-order valence-corrected chi connectivity index (χ3v) is 14.1. The van der Waals surface area contributed by atoms with Gasteiger partial charge in [-0.2, -0.15) is 0 Å². The Bertz CT molecular complexity index is 1340. The van der Waals surface area contributed by atoms with Crippen molar-refractivity contribution in [3.63, 3.8) is 0 Å². The maximum Gasteiger partial charge on any atom is 0.331 e. The van der Waals surface area contributed by atoms with Crippen molar-refractivity contribution in [1.82, 2.24) is 0 Å². The molecule has 3 aliphatic heterocycles. The van der Waals surface area contributed by atoms with Gasteiger partial charge in [0.05, 0.1) is 35.4 Å². The Morgan fingerprint density at radius 2 is 1.56 bits per heavy atom. The molecule has 0 spiro atoms. The largest absolute Gasteiger partial charge is 0.458 e. The Kier molecular flexibility index (Phi) is 9.60. The molecule has 4 saturated carbocycles. The molecule has 0 amide bonds. The molecule has 7 aliphatic rings. The van der Waals surface area contributed by atoms with Crippen LogP contribution in [0, 0.1) is 28.6 Å². The zero-order valence-corrected chi connectivity index (χ0v) is 28.5. The SMILES string of the molecule is C[C@@H]1O[C@H](O[C@@H]2[C@@H](O)[C@H](O)[C@@H](O[C@H]3CC[C@]4(C=O)[C@H]5CC[C@]6(C)[C@@H](C7=CC(=O)OC7)CC[C@]6(O)[C@H]5CC[C@]4(O)C3)O[C@H]2CO)[C@@H](O)[C@H](O)[C@H]1O. The Morgan fingerprint density at radius 1 is 0.860 bits per heavy atom. The highest BCUT2D eigenvalue weighted by Crippen LogP contribution is 2.70. The van der Waals surface area contributed by atoms with Crippen molar-refractivity contribution < 1.29 is 74.1 Å². The fraction of sp³-hybridized carbons (Fsp3) is 0.886. The molecule has 0 aromatic rings. The van der Waals surface area contributed by atoms with Crippen LogP contribution in [0.15, 0.2) is 11.6 Å². The Labute approximate surface area is 290 Å². The van der Waals surface area contributed by atoms with Crippen LogP contribution < -0.4 is 0 Å². The molecule has 4 aliphatic carbocycles. The number of ether oxygens (including phenoxy) is 5. The minimum absolute atomic E-state index is 0.00893. The van der Waals surface area contributed by atoms with Crippen molar-refractivity contribution in [3.05, 3.63) is 11.6 Å². The second kappa shape index (κ2) is 13.1. The highest BCUT2D eigenvalue weighted by Gasteiger charge is 2.71. The summed E-state index contributed by atoms with van der Waals surface area (Å²) in [6.45, 7) is 3.11. The number of rotatable bonds is 7. The summed E-state index contributed by atoms with van der Waals surface area (Å²) in [6.07, 6.45) is -8.96. The van der Waals surface area contributed by atoms with Gasteiger partial charge >= 0.3 is 5.97 Å². The number of aliphatic hydroxyl groups excluding tert-OH is 6. The van der Waals surface area contributed by atoms with Crippen molar-refractivity contribution in [1.29, 1.82) is 0 Å². The fourth-order valence-electron chi connectivity index (χ4n) is 11.2. The maximum atomic E-state index is 13.2. The number of aldehydes is 1. The van der Waals surface area contributed by atoms with E-state index in [1.165, 1.54) is 6.92 Å². The van der Waals surface area contributed by atoms with Crippen molar-refractivity contribution in [2.75, 3.05) is 13.2 Å². The van der Waals surface area contributed by atoms with Crippen LogP contribution in [0.4, 0.5) is 0 Å². The van der Waals surface area contributed by atoms with Crippen LogP contribution in [-0.2, 0) is 33.3 Å². The first-order valence-electron chi connectivity index (χ1n) is 18.0. The van der Waals surface area contributed by atoms with Gasteiger partial charge in [0.2, 0.25) is 0 Å². The summed E-state index contributed by atoms with van der Waals surface area (Å²) in [6, 6.07) is 0. The second-order valence-corrected chi connectivity index (χ2v) is 16.2. The predicted molar refractivity (Wildman–Crippen MR) is 167 cm³/mol. The Hall–Kier alpha value is -1.60. The van der Waals surface area contributed by atoms with Gasteiger partial charge in [-0.05, 0) is 81.6 Å². The molecule has 6 fully saturated rings. The van der Waals surface area contributed by atoms with Gasteiger partial charge in [-0.3, -0.25) is 0 Å². The zero-order valence-electron chi connectivity index (χ0n) is 28.5. The maximum absolute atomic E-state index is 13.2. The summed E-state index contributed by atoms with van der Waals surface area (Å²) >= 11 is 0. The second-order valence-electron chi connectivity index (χ2n) is 16.2. The Morgan fingerprint density at radius 3 is 2.24 bits per heavy atom. The van der Waals surface area contributed by atoms with E-state index in [1.807, 2.05) is 0 Å². The minimum Gasteiger partial charge on any atom is -0.458 e. The van der Waals surface area contributed by atoms with Crippen LogP contribution in [0.25, 0.3) is 0 Å². The topological polar surface area (TPSA) is 242 Å². The number of aliphatic hydroxyl groups is 8. The molecular weight excluding hydrogens is 660 g/mol. The summed E-state index contributed by atoms with van der Waals surface area (Å²) in [4.78, 5) is 25.1. The van der Waals surface area contributed by atoms with Crippen LogP contribution in [0.5, 0.6) is 0 Å². The van der Waals surface area contributed by atoms with Gasteiger partial charge in [0.25, 0.3) is 0 Å². The van der Waals surface area contributed by atoms with Crippen molar-refractivity contribution in [3.8, 4) is 0 Å². The predicted octanol–water partition coefficient (Wildman–Crippen LogP) is -1.43. The van der Waals surface area contributed by atoms with Crippen LogP contribution >= 0.6 is 0 Å². The van der Waals surface area contributed by atoms with Crippen molar-refractivity contribution in [2.24, 2.45) is 28.6 Å². The highest BCUT2D eigenvalue weighted by atomic mass is 16.7. The van der Waals surface area contributed by atoms with E-state index >= 15 is 0 Å². The molecule has 8 N–H and O–H groups in total. The molecule has 0 aromatic heterocycles. The van der Waals surface area contributed by atoms with Gasteiger partial charge in [0.1, 0.15) is 55.6 Å². The van der Waals surface area contributed by atoms with Crippen LogP contribution in [-0.4, -0.2) is 145 Å². The van der Waals surface area contributed by atoms with E-state index in [2.05, 4.69) is 6.92 Å². The lowest BCUT2D eigenvalue weighted by atomic mass is 9.41. The van der Waals surface area contributed by atoms with Crippen LogP contribution in [0.1, 0.15) is 71.6 Å². The molecule has 18 atom stereocenters. The molecule has 0 aromatic carbocycles. The van der Waals surface area contributed by atoms with Gasteiger partial charge in [-0.15, -0.1) is 0 Å². The molecule has 0 bridgehead atoms. The molecule has 0 radical (unpaired) electrons. The van der Waals surface area contributed by atoms with Gasteiger partial charge in [0, 0.05) is 17.9 Å². The lowest BCUT2D eigenvalue weighted by Gasteiger charge is -2.65. The van der Waals surface area contributed by atoms with Crippen LogP contribution in [0.2, 0.25) is 0 Å². The van der Waals surface area contributed by atoms with E-state index in [0.717, 1.165) is 11.9 Å². The molecule has 2 saturated heterocycles. The van der Waals surface area contributed by atoms with Crippen LogP contribution in [0.3, 0.4) is 0 Å². The van der Waals surface area contributed by atoms with E-state index in [0.29, 0.717) is 38.5 Å². The van der Waals surface area contributed by atoms with E-state index in [9.17, 15) is 50.4 Å². The minimum atomic E-state index is -1.69. The van der Waals surface area contributed by atoms with E-state index in [1.54, 1.807) is 6.08 Å². The molecule has 50 heavy (non-hydrogen) atoms. The van der Waals surface area contributed by atoms with E-state index in [-0.39, 0.29) is 49.6 Å². The third kappa shape index (κ3) is 5.37. The lowest BCUT2D eigenvalue weighted by molar-refractivity contribution is -0.363. The highest BCUT2D eigenvalue weighted by molar-refractivity contribution is 5.85. The van der Waals surface area contributed by atoms with Crippen molar-refractivity contribution >= 4 is 12.3 Å². The summed E-state index contributed by atoms with van der Waals surface area (Å²) < 4.78 is 28.4. The first-order valence-corrected chi connectivity index (χ1v) is 18.0. The van der Waals surface area contributed by atoms with Gasteiger partial charge in [-0.25, -0.2) is 4.79 Å². The zero-order chi connectivity index (χ0) is 36.0. The molecule has 15 nitrogen and oxygen atoms in total. The molecule has 0 unspecified atom stereocenters. The number of esters is 1. The number of carbonyl (C=O) groups is 2. The third-order valence-electron chi connectivity index (χ3n) is 14.1. The van der Waals surface area contributed by atoms with E-state index in [4.69, 9.17) is 23.7 Å². The number of carbonyl (C=O) groups excluding carboxylic acids is 2. The Balaban J connectivity index is 1.04. The first-order chi connectivity index (χ1) is 23.6. The number of hydrogen-bond donors (Lipinski definition) is 8. The molecule has 15 heteroatoms. The van der Waals surface area contributed by atoms with Gasteiger partial charge in [0.15, 0.2) is 12.6 Å². The normalized spacial score (nSPS) is 55.0. The summed E-state index contributed by atoms with van der Waals surface area (Å²) in [5.41, 5.74) is -3.28. The van der Waals surface area contributed by atoms with Gasteiger partial charge < -0.3 is 69.3 Å². The average Bonchev–Trinajstić information content (AvgIpc) is 3.64.